The number of nitriles is 1. The highest BCUT2D eigenvalue weighted by Gasteiger charge is 2.03. The number of carbonyl (C=O) groups excluding carboxylic acids is 1. The van der Waals surface area contributed by atoms with Gasteiger partial charge in [0, 0.05) is 0 Å². The van der Waals surface area contributed by atoms with Crippen molar-refractivity contribution in [2.24, 2.45) is 5.92 Å². The molecule has 62 valence electrons. The molecule has 11 heavy (non-hydrogen) atoms. The van der Waals surface area contributed by atoms with Crippen LogP contribution in [0.4, 0.5) is 0 Å². The van der Waals surface area contributed by atoms with Crippen LogP contribution < -0.4 is 0 Å². The Morgan fingerprint density at radius 1 is 1.73 bits per heavy atom. The quantitative estimate of drug-likeness (QED) is 0.476. The highest BCUT2D eigenvalue weighted by atomic mass is 32.2. The molecule has 0 spiro atoms. The van der Waals surface area contributed by atoms with E-state index >= 15 is 0 Å². The minimum absolute atomic E-state index is 0.128. The lowest BCUT2D eigenvalue weighted by molar-refractivity contribution is -0.141. The molecule has 4 heteroatoms. The molecule has 0 heterocycles. The molecule has 0 aliphatic heterocycles. The van der Waals surface area contributed by atoms with E-state index in [-0.39, 0.29) is 11.7 Å². The Labute approximate surface area is 70.7 Å². The van der Waals surface area contributed by atoms with Crippen LogP contribution >= 0.6 is 11.8 Å². The molecule has 3 nitrogen and oxygen atoms in total. The molecule has 0 aromatic rings. The van der Waals surface area contributed by atoms with E-state index in [2.05, 4.69) is 0 Å². The van der Waals surface area contributed by atoms with Gasteiger partial charge in [-0.25, -0.2) is 0 Å². The molecule has 0 aromatic carbocycles. The summed E-state index contributed by atoms with van der Waals surface area (Å²) in [5.41, 5.74) is 0. The standard InChI is InChI=1S/C7H11NO2S/c1-6(2)3-10-7(9)4-11-5-8/h6H,3-4H2,1-2H3. The van der Waals surface area contributed by atoms with Gasteiger partial charge in [-0.05, 0) is 17.7 Å². The molecule has 0 aliphatic carbocycles. The van der Waals surface area contributed by atoms with E-state index in [1.807, 2.05) is 13.8 Å². The molecule has 0 fully saturated rings. The van der Waals surface area contributed by atoms with Crippen molar-refractivity contribution in [3.63, 3.8) is 0 Å². The van der Waals surface area contributed by atoms with E-state index < -0.39 is 0 Å². The summed E-state index contributed by atoms with van der Waals surface area (Å²) in [6.45, 7) is 4.36. The van der Waals surface area contributed by atoms with Gasteiger partial charge in [-0.2, -0.15) is 5.26 Å². The van der Waals surface area contributed by atoms with Crippen molar-refractivity contribution in [3.05, 3.63) is 0 Å². The molecule has 0 atom stereocenters. The van der Waals surface area contributed by atoms with Crippen LogP contribution in [0, 0.1) is 16.6 Å². The summed E-state index contributed by atoms with van der Waals surface area (Å²) in [6, 6.07) is 0. The Kier molecular flexibility index (Phi) is 5.67. The summed E-state index contributed by atoms with van der Waals surface area (Å²) < 4.78 is 4.79. The van der Waals surface area contributed by atoms with Crippen molar-refractivity contribution in [3.8, 4) is 5.40 Å². The molecular weight excluding hydrogens is 162 g/mol. The van der Waals surface area contributed by atoms with E-state index in [4.69, 9.17) is 10.00 Å². The lowest BCUT2D eigenvalue weighted by atomic mass is 10.2. The second kappa shape index (κ2) is 6.05. The predicted octanol–water partition coefficient (Wildman–Crippen LogP) is 1.40. The van der Waals surface area contributed by atoms with Crippen molar-refractivity contribution >= 4 is 17.7 Å². The van der Waals surface area contributed by atoms with Gasteiger partial charge < -0.3 is 4.74 Å². The van der Waals surface area contributed by atoms with E-state index in [9.17, 15) is 4.79 Å². The smallest absolute Gasteiger partial charge is 0.316 e. The van der Waals surface area contributed by atoms with E-state index in [1.165, 1.54) is 0 Å². The molecule has 0 saturated carbocycles. The third-order valence-corrected chi connectivity index (χ3v) is 1.34. The molecule has 0 unspecified atom stereocenters. The second-order valence-corrected chi connectivity index (χ2v) is 3.22. The van der Waals surface area contributed by atoms with Gasteiger partial charge in [-0.1, -0.05) is 13.8 Å². The third kappa shape index (κ3) is 7.20. The Balaban J connectivity index is 3.32. The summed E-state index contributed by atoms with van der Waals surface area (Å²) >= 11 is 0.899. The molecule has 0 bridgehead atoms. The van der Waals surface area contributed by atoms with Gasteiger partial charge in [0.2, 0.25) is 0 Å². The van der Waals surface area contributed by atoms with Crippen molar-refractivity contribution in [2.45, 2.75) is 13.8 Å². The third-order valence-electron chi connectivity index (χ3n) is 0.832. The first-order chi connectivity index (χ1) is 5.16. The number of thiocyanates is 1. The second-order valence-electron chi connectivity index (χ2n) is 2.46. The van der Waals surface area contributed by atoms with E-state index in [1.54, 1.807) is 5.40 Å². The van der Waals surface area contributed by atoms with E-state index in [0.717, 1.165) is 11.8 Å². The van der Waals surface area contributed by atoms with Crippen LogP contribution in [0.2, 0.25) is 0 Å². The number of hydrogen-bond acceptors (Lipinski definition) is 4. The van der Waals surface area contributed by atoms with Gasteiger partial charge in [0.05, 0.1) is 6.61 Å². The first-order valence-corrected chi connectivity index (χ1v) is 4.32. The molecule has 0 radical (unpaired) electrons. The highest BCUT2D eigenvalue weighted by Crippen LogP contribution is 1.99. The summed E-state index contributed by atoms with van der Waals surface area (Å²) in [7, 11) is 0. The molecular formula is C7H11NO2S. The summed E-state index contributed by atoms with van der Waals surface area (Å²) in [5.74, 6) is 0.166. The Hall–Kier alpha value is -0.690. The average Bonchev–Trinajstić information content (AvgIpc) is 1.97. The number of rotatable bonds is 4. The molecule has 0 aliphatic rings. The van der Waals surface area contributed by atoms with Crippen LogP contribution in [0.25, 0.3) is 0 Å². The van der Waals surface area contributed by atoms with Gasteiger partial charge >= 0.3 is 5.97 Å². The zero-order valence-electron chi connectivity index (χ0n) is 6.66. The summed E-state index contributed by atoms with van der Waals surface area (Å²) in [5, 5.41) is 9.90. The SMILES string of the molecule is CC(C)COC(=O)CSC#N. The number of carbonyl (C=O) groups is 1. The lowest BCUT2D eigenvalue weighted by Crippen LogP contribution is -2.11. The Bertz CT molecular complexity index is 162. The minimum atomic E-state index is -0.315. The van der Waals surface area contributed by atoms with Gasteiger partial charge in [0.25, 0.3) is 0 Å². The first-order valence-electron chi connectivity index (χ1n) is 3.33. The number of ether oxygens (including phenoxy) is 1. The fourth-order valence-corrected chi connectivity index (χ4v) is 0.658. The first kappa shape index (κ1) is 10.3. The summed E-state index contributed by atoms with van der Waals surface area (Å²) in [4.78, 5) is 10.7. The fourth-order valence-electron chi connectivity index (χ4n) is 0.392. The van der Waals surface area contributed by atoms with E-state index in [0.29, 0.717) is 12.5 Å². The maximum atomic E-state index is 10.7. The van der Waals surface area contributed by atoms with Crippen LogP contribution in [0.3, 0.4) is 0 Å². The van der Waals surface area contributed by atoms with Crippen LogP contribution in [-0.4, -0.2) is 18.3 Å². The number of thioether (sulfide) groups is 1. The minimum Gasteiger partial charge on any atom is -0.465 e. The molecule has 0 saturated heterocycles. The topological polar surface area (TPSA) is 50.1 Å². The van der Waals surface area contributed by atoms with Gasteiger partial charge in [-0.15, -0.1) is 0 Å². The Morgan fingerprint density at radius 2 is 2.36 bits per heavy atom. The van der Waals surface area contributed by atoms with Crippen LogP contribution in [0.1, 0.15) is 13.8 Å². The van der Waals surface area contributed by atoms with Crippen molar-refractivity contribution in [1.29, 1.82) is 5.26 Å². The number of esters is 1. The van der Waals surface area contributed by atoms with Gasteiger partial charge in [0.1, 0.15) is 11.2 Å². The molecule has 0 amide bonds. The van der Waals surface area contributed by atoms with Crippen LogP contribution in [0.5, 0.6) is 0 Å². The Morgan fingerprint density at radius 3 is 2.82 bits per heavy atom. The summed E-state index contributed by atoms with van der Waals surface area (Å²) in [6.07, 6.45) is 0. The predicted molar refractivity (Wildman–Crippen MR) is 43.9 cm³/mol. The fraction of sp³-hybridized carbons (Fsp3) is 0.714. The maximum absolute atomic E-state index is 10.7. The highest BCUT2D eigenvalue weighted by molar-refractivity contribution is 8.04. The zero-order valence-corrected chi connectivity index (χ0v) is 7.48. The van der Waals surface area contributed by atoms with Crippen molar-refractivity contribution < 1.29 is 9.53 Å². The monoisotopic (exact) mass is 173 g/mol. The number of nitrogens with zero attached hydrogens (tertiary/aromatic N) is 1. The zero-order chi connectivity index (χ0) is 8.69. The van der Waals surface area contributed by atoms with Crippen molar-refractivity contribution in [1.82, 2.24) is 0 Å². The molecule has 0 aromatic heterocycles. The van der Waals surface area contributed by atoms with Gasteiger partial charge in [0.15, 0.2) is 0 Å². The maximum Gasteiger partial charge on any atom is 0.316 e. The number of hydrogen-bond donors (Lipinski definition) is 0. The normalized spacial score (nSPS) is 9.27. The van der Waals surface area contributed by atoms with Crippen molar-refractivity contribution in [2.75, 3.05) is 12.4 Å². The largest absolute Gasteiger partial charge is 0.465 e. The molecule has 0 rings (SSSR count). The van der Waals surface area contributed by atoms with Crippen LogP contribution in [-0.2, 0) is 9.53 Å². The van der Waals surface area contributed by atoms with Gasteiger partial charge in [-0.3, -0.25) is 4.79 Å². The van der Waals surface area contributed by atoms with Crippen LogP contribution in [0.15, 0.2) is 0 Å². The average molecular weight is 173 g/mol. The molecule has 0 N–H and O–H groups in total. The lowest BCUT2D eigenvalue weighted by Gasteiger charge is -2.04.